The predicted molar refractivity (Wildman–Crippen MR) is 283 cm³/mol. The minimum atomic E-state index is -0.787. The van der Waals surface area contributed by atoms with Crippen molar-refractivity contribution in [2.45, 2.75) is 334 Å². The Balaban J connectivity index is 4.52. The van der Waals surface area contributed by atoms with Gasteiger partial charge in [-0.25, -0.2) is 0 Å². The second-order valence-electron chi connectivity index (χ2n) is 20.1. The Hall–Kier alpha value is -1.66. The molecule has 6 nitrogen and oxygen atoms in total. The number of carbonyl (C=O) groups excluding carboxylic acids is 2. The molecular formula is C59H113NO5. The summed E-state index contributed by atoms with van der Waals surface area (Å²) in [5.41, 5.74) is 0. The molecule has 0 aromatic rings. The highest BCUT2D eigenvalue weighted by Gasteiger charge is 2.24. The first kappa shape index (κ1) is 63.3. The topological polar surface area (TPSA) is 95.9 Å². The van der Waals surface area contributed by atoms with Crippen LogP contribution in [0.1, 0.15) is 316 Å². The minimum absolute atomic E-state index is 0.0782. The molecule has 1 amide bonds. The summed E-state index contributed by atoms with van der Waals surface area (Å²) in [5.74, 6) is -0.462. The maximum absolute atomic E-state index is 13.3. The fourth-order valence-electron chi connectivity index (χ4n) is 9.11. The average Bonchev–Trinajstić information content (AvgIpc) is 3.30. The summed E-state index contributed by atoms with van der Waals surface area (Å²) in [4.78, 5) is 26.3. The van der Waals surface area contributed by atoms with Gasteiger partial charge in [0.2, 0.25) is 5.91 Å². The van der Waals surface area contributed by atoms with Crippen molar-refractivity contribution in [1.82, 2.24) is 5.32 Å². The zero-order valence-corrected chi connectivity index (χ0v) is 43.9. The molecular weight excluding hydrogens is 803 g/mol. The van der Waals surface area contributed by atoms with Crippen molar-refractivity contribution >= 4 is 11.9 Å². The van der Waals surface area contributed by atoms with E-state index in [9.17, 15) is 19.8 Å². The summed E-state index contributed by atoms with van der Waals surface area (Å²) in [6, 6.07) is -0.700. The number of amides is 1. The minimum Gasteiger partial charge on any atom is -0.462 e. The third-order valence-corrected chi connectivity index (χ3v) is 13.5. The van der Waals surface area contributed by atoms with E-state index >= 15 is 0 Å². The quantitative estimate of drug-likeness (QED) is 0.0321. The zero-order valence-electron chi connectivity index (χ0n) is 43.9. The highest BCUT2D eigenvalue weighted by atomic mass is 16.5. The third-order valence-electron chi connectivity index (χ3n) is 13.5. The molecule has 0 heterocycles. The van der Waals surface area contributed by atoms with Gasteiger partial charge in [-0.15, -0.1) is 0 Å². The molecule has 0 fully saturated rings. The van der Waals surface area contributed by atoms with Crippen molar-refractivity contribution in [2.75, 3.05) is 6.61 Å². The van der Waals surface area contributed by atoms with Gasteiger partial charge in [-0.05, 0) is 57.8 Å². The number of aliphatic hydroxyl groups is 2. The number of esters is 1. The molecule has 0 aromatic heterocycles. The Bertz CT molecular complexity index is 1030. The maximum atomic E-state index is 13.3. The molecule has 384 valence electrons. The number of unbranched alkanes of at least 4 members (excludes halogenated alkanes) is 37. The van der Waals surface area contributed by atoms with Gasteiger partial charge in [0.15, 0.2) is 0 Å². The molecule has 3 unspecified atom stereocenters. The standard InChI is InChI=1S/C59H113NO5/c1-4-7-10-13-16-19-22-25-27-29-30-33-35-38-41-44-47-50-55(65-59(64)52-49-46-43-40-37-32-24-21-18-15-12-9-6-3)53-58(63)60-56(54-61)57(62)51-48-45-42-39-36-34-31-28-26-23-20-17-14-11-8-5-2/h16,19,25,27,55-57,61-62H,4-15,17-18,20-24,26,28-54H2,1-3H3,(H,60,63)/b19-16-,27-25-. The predicted octanol–water partition coefficient (Wildman–Crippen LogP) is 17.9. The lowest BCUT2D eigenvalue weighted by Crippen LogP contribution is -2.46. The van der Waals surface area contributed by atoms with Gasteiger partial charge in [-0.1, -0.05) is 270 Å². The lowest BCUT2D eigenvalue weighted by molar-refractivity contribution is -0.151. The van der Waals surface area contributed by atoms with Crippen molar-refractivity contribution in [3.8, 4) is 0 Å². The molecule has 65 heavy (non-hydrogen) atoms. The van der Waals surface area contributed by atoms with Crippen LogP contribution in [0.15, 0.2) is 24.3 Å². The number of allylic oxidation sites excluding steroid dienone is 4. The Morgan fingerprint density at radius 1 is 0.446 bits per heavy atom. The SMILES string of the molecule is CCCCC/C=C\C/C=C\CCCCCCCCCC(CC(=O)NC(CO)C(O)CCCCCCCCCCCCCCCCCC)OC(=O)CCCCCCCCCCCCCCC. The number of ether oxygens (including phenoxy) is 1. The van der Waals surface area contributed by atoms with Crippen molar-refractivity contribution in [1.29, 1.82) is 0 Å². The van der Waals surface area contributed by atoms with Crippen LogP contribution in [-0.4, -0.2) is 46.9 Å². The van der Waals surface area contributed by atoms with E-state index in [-0.39, 0.29) is 24.9 Å². The summed E-state index contributed by atoms with van der Waals surface area (Å²) in [6.45, 7) is 6.50. The third kappa shape index (κ3) is 48.6. The van der Waals surface area contributed by atoms with E-state index in [1.54, 1.807) is 0 Å². The van der Waals surface area contributed by atoms with Gasteiger partial charge >= 0.3 is 5.97 Å². The van der Waals surface area contributed by atoms with Gasteiger partial charge in [0.1, 0.15) is 6.10 Å². The summed E-state index contributed by atoms with van der Waals surface area (Å²) < 4.78 is 5.96. The summed E-state index contributed by atoms with van der Waals surface area (Å²) in [5, 5.41) is 23.9. The van der Waals surface area contributed by atoms with E-state index in [0.29, 0.717) is 19.3 Å². The number of hydrogen-bond acceptors (Lipinski definition) is 5. The number of carbonyl (C=O) groups is 2. The zero-order chi connectivity index (χ0) is 47.4. The monoisotopic (exact) mass is 916 g/mol. The van der Waals surface area contributed by atoms with Crippen molar-refractivity contribution in [2.24, 2.45) is 0 Å². The van der Waals surface area contributed by atoms with Crippen LogP contribution in [0.5, 0.6) is 0 Å². The van der Waals surface area contributed by atoms with Crippen LogP contribution in [0.4, 0.5) is 0 Å². The molecule has 0 saturated carbocycles. The van der Waals surface area contributed by atoms with Crippen LogP contribution in [0.25, 0.3) is 0 Å². The lowest BCUT2D eigenvalue weighted by atomic mass is 10.0. The van der Waals surface area contributed by atoms with Crippen LogP contribution < -0.4 is 5.32 Å². The van der Waals surface area contributed by atoms with E-state index < -0.39 is 18.2 Å². The average molecular weight is 917 g/mol. The first-order chi connectivity index (χ1) is 32.0. The normalized spacial score (nSPS) is 13.2. The second-order valence-corrected chi connectivity index (χ2v) is 20.1. The maximum Gasteiger partial charge on any atom is 0.306 e. The molecule has 3 atom stereocenters. The van der Waals surface area contributed by atoms with Crippen LogP contribution in [0.2, 0.25) is 0 Å². The van der Waals surface area contributed by atoms with E-state index in [2.05, 4.69) is 50.4 Å². The summed E-state index contributed by atoms with van der Waals surface area (Å²) in [7, 11) is 0. The first-order valence-electron chi connectivity index (χ1n) is 29.1. The van der Waals surface area contributed by atoms with Gasteiger partial charge in [0.25, 0.3) is 0 Å². The molecule has 0 radical (unpaired) electrons. The van der Waals surface area contributed by atoms with Crippen LogP contribution in [0.3, 0.4) is 0 Å². The summed E-state index contributed by atoms with van der Waals surface area (Å²) >= 11 is 0. The van der Waals surface area contributed by atoms with Crippen molar-refractivity contribution in [3.05, 3.63) is 24.3 Å². The summed E-state index contributed by atoms with van der Waals surface area (Å²) in [6.07, 6.45) is 62.4. The lowest BCUT2D eigenvalue weighted by Gasteiger charge is -2.24. The number of rotatable bonds is 53. The van der Waals surface area contributed by atoms with Crippen molar-refractivity contribution in [3.63, 3.8) is 0 Å². The molecule has 0 aliphatic carbocycles. The van der Waals surface area contributed by atoms with E-state index in [1.165, 1.54) is 205 Å². The van der Waals surface area contributed by atoms with Crippen LogP contribution >= 0.6 is 0 Å². The Morgan fingerprint density at radius 3 is 1.20 bits per heavy atom. The van der Waals surface area contributed by atoms with Crippen LogP contribution in [-0.2, 0) is 14.3 Å². The molecule has 0 aromatic carbocycles. The Kier molecular flexibility index (Phi) is 51.9. The van der Waals surface area contributed by atoms with Gasteiger partial charge in [-0.2, -0.15) is 0 Å². The molecule has 0 saturated heterocycles. The Morgan fingerprint density at radius 2 is 0.785 bits per heavy atom. The highest BCUT2D eigenvalue weighted by molar-refractivity contribution is 5.77. The van der Waals surface area contributed by atoms with E-state index in [1.807, 2.05) is 0 Å². The molecule has 0 spiro atoms. The van der Waals surface area contributed by atoms with Gasteiger partial charge in [0, 0.05) is 6.42 Å². The smallest absolute Gasteiger partial charge is 0.306 e. The number of aliphatic hydroxyl groups excluding tert-OH is 2. The van der Waals surface area contributed by atoms with Gasteiger partial charge in [0.05, 0.1) is 25.2 Å². The molecule has 0 aliphatic rings. The molecule has 3 N–H and O–H groups in total. The number of hydrogen-bond donors (Lipinski definition) is 3. The fraction of sp³-hybridized carbons (Fsp3) is 0.898. The van der Waals surface area contributed by atoms with Gasteiger partial charge in [-0.3, -0.25) is 9.59 Å². The van der Waals surface area contributed by atoms with Crippen molar-refractivity contribution < 1.29 is 24.5 Å². The highest BCUT2D eigenvalue weighted by Crippen LogP contribution is 2.19. The fourth-order valence-corrected chi connectivity index (χ4v) is 9.11. The largest absolute Gasteiger partial charge is 0.462 e. The second kappa shape index (κ2) is 53.3. The van der Waals surface area contributed by atoms with Gasteiger partial charge < -0.3 is 20.3 Å². The number of nitrogens with one attached hydrogen (secondary N) is 1. The molecule has 0 rings (SSSR count). The van der Waals surface area contributed by atoms with E-state index in [4.69, 9.17) is 4.74 Å². The molecule has 0 bridgehead atoms. The molecule has 0 aliphatic heterocycles. The van der Waals surface area contributed by atoms with Crippen LogP contribution in [0, 0.1) is 0 Å². The first-order valence-corrected chi connectivity index (χ1v) is 29.1. The molecule has 6 heteroatoms. The van der Waals surface area contributed by atoms with E-state index in [0.717, 1.165) is 64.2 Å². The Labute approximate surface area is 405 Å².